The average molecular weight is 425 g/mol. The summed E-state index contributed by atoms with van der Waals surface area (Å²) in [6.45, 7) is 3.23. The maximum atomic E-state index is 13.0. The third-order valence-electron chi connectivity index (χ3n) is 4.82. The van der Waals surface area contributed by atoms with Gasteiger partial charge in [0.05, 0.1) is 25.9 Å². The van der Waals surface area contributed by atoms with E-state index in [-0.39, 0.29) is 17.9 Å². The van der Waals surface area contributed by atoms with Gasteiger partial charge in [-0.1, -0.05) is 6.07 Å². The van der Waals surface area contributed by atoms with Crippen LogP contribution in [-0.4, -0.2) is 55.1 Å². The molecule has 1 aromatic heterocycles. The number of ether oxygens (including phenoxy) is 2. The Kier molecular flexibility index (Phi) is 6.30. The van der Waals surface area contributed by atoms with Crippen molar-refractivity contribution in [1.29, 1.82) is 0 Å². The summed E-state index contributed by atoms with van der Waals surface area (Å²) in [6.07, 6.45) is -3.36. The molecule has 1 aliphatic rings. The highest BCUT2D eigenvalue weighted by Crippen LogP contribution is 2.38. The molecule has 162 valence electrons. The van der Waals surface area contributed by atoms with E-state index in [1.54, 1.807) is 11.0 Å². The Morgan fingerprint density at radius 2 is 2.13 bits per heavy atom. The van der Waals surface area contributed by atoms with Crippen LogP contribution in [0.15, 0.2) is 18.3 Å². The first kappa shape index (κ1) is 21.6. The van der Waals surface area contributed by atoms with E-state index in [0.717, 1.165) is 23.7 Å². The molecule has 2 heterocycles. The number of nitrogens with zero attached hydrogens (tertiary/aromatic N) is 3. The first-order chi connectivity index (χ1) is 14.3. The number of hydrogen-bond donors (Lipinski definition) is 2. The van der Waals surface area contributed by atoms with Gasteiger partial charge >= 0.3 is 6.18 Å². The molecule has 1 unspecified atom stereocenters. The quantitative estimate of drug-likeness (QED) is 0.688. The van der Waals surface area contributed by atoms with E-state index in [1.807, 2.05) is 13.0 Å². The van der Waals surface area contributed by atoms with Crippen molar-refractivity contribution in [3.63, 3.8) is 0 Å². The van der Waals surface area contributed by atoms with Crippen LogP contribution in [0.4, 0.5) is 30.6 Å². The lowest BCUT2D eigenvalue weighted by molar-refractivity contribution is -0.137. The highest BCUT2D eigenvalue weighted by molar-refractivity contribution is 5.67. The number of aromatic nitrogens is 2. The molecule has 30 heavy (non-hydrogen) atoms. The van der Waals surface area contributed by atoms with Crippen molar-refractivity contribution in [2.24, 2.45) is 0 Å². The molecule has 11 heteroatoms. The van der Waals surface area contributed by atoms with Gasteiger partial charge < -0.3 is 25.0 Å². The first-order valence-corrected chi connectivity index (χ1v) is 9.16. The molecule has 8 nitrogen and oxygen atoms in total. The van der Waals surface area contributed by atoms with Gasteiger partial charge in [-0.05, 0) is 24.1 Å². The summed E-state index contributed by atoms with van der Waals surface area (Å²) in [6, 6.07) is 3.53. The third-order valence-corrected chi connectivity index (χ3v) is 4.82. The number of methoxy groups -OCH3 is 1. The van der Waals surface area contributed by atoms with Crippen LogP contribution in [0.3, 0.4) is 0 Å². The summed E-state index contributed by atoms with van der Waals surface area (Å²) in [5.41, 5.74) is 1.17. The number of morpholine rings is 1. The molecular weight excluding hydrogens is 403 g/mol. The van der Waals surface area contributed by atoms with Crippen molar-refractivity contribution in [2.45, 2.75) is 19.2 Å². The van der Waals surface area contributed by atoms with E-state index >= 15 is 0 Å². The number of carbonyl (C=O) groups is 1. The monoisotopic (exact) mass is 425 g/mol. The van der Waals surface area contributed by atoms with Crippen LogP contribution in [0.1, 0.15) is 22.8 Å². The number of halogens is 3. The summed E-state index contributed by atoms with van der Waals surface area (Å²) >= 11 is 0. The van der Waals surface area contributed by atoms with Crippen molar-refractivity contribution in [3.8, 4) is 5.75 Å². The van der Waals surface area contributed by atoms with Gasteiger partial charge in [-0.25, -0.2) is 4.98 Å². The van der Waals surface area contributed by atoms with E-state index in [2.05, 4.69) is 20.6 Å². The number of carbonyl (C=O) groups excluding carboxylic acids is 1. The Hall–Kier alpha value is -3.08. The standard InChI is InChI=1S/C19H22F3N5O3/c1-11-12(15-9-27(10-28)6-7-30-15)4-5-14(16(11)29-3)25-18-24-8-13(19(20,21)22)17(23-2)26-18/h4-5,8,10,15H,6-7,9H2,1-3H3,(H2,23,24,25,26). The zero-order chi connectivity index (χ0) is 21.9. The number of hydrogen-bond acceptors (Lipinski definition) is 7. The SMILES string of the molecule is CNc1nc(Nc2ccc(C3CN(C=O)CCO3)c(C)c2OC)ncc1C(F)(F)F. The fourth-order valence-electron chi connectivity index (χ4n) is 3.33. The summed E-state index contributed by atoms with van der Waals surface area (Å²) in [4.78, 5) is 20.4. The van der Waals surface area contributed by atoms with Gasteiger partial charge in [0, 0.05) is 19.8 Å². The molecule has 1 saturated heterocycles. The lowest BCUT2D eigenvalue weighted by Gasteiger charge is -2.31. The van der Waals surface area contributed by atoms with Crippen LogP contribution in [0, 0.1) is 6.92 Å². The van der Waals surface area contributed by atoms with Crippen LogP contribution in [0.2, 0.25) is 0 Å². The average Bonchev–Trinajstić information content (AvgIpc) is 2.73. The fourth-order valence-corrected chi connectivity index (χ4v) is 3.33. The van der Waals surface area contributed by atoms with Gasteiger partial charge in [-0.2, -0.15) is 18.2 Å². The van der Waals surface area contributed by atoms with Crippen molar-refractivity contribution >= 4 is 23.9 Å². The van der Waals surface area contributed by atoms with Crippen LogP contribution < -0.4 is 15.4 Å². The zero-order valence-electron chi connectivity index (χ0n) is 16.7. The molecule has 1 aromatic carbocycles. The van der Waals surface area contributed by atoms with Crippen LogP contribution in [0.25, 0.3) is 0 Å². The second-order valence-electron chi connectivity index (χ2n) is 6.65. The second kappa shape index (κ2) is 8.74. The van der Waals surface area contributed by atoms with E-state index in [0.29, 0.717) is 31.1 Å². The molecule has 0 bridgehead atoms. The molecule has 1 aliphatic heterocycles. The molecule has 1 amide bonds. The number of amides is 1. The lowest BCUT2D eigenvalue weighted by atomic mass is 10.00. The number of nitrogens with one attached hydrogen (secondary N) is 2. The molecule has 1 fully saturated rings. The van der Waals surface area contributed by atoms with Crippen molar-refractivity contribution < 1.29 is 27.4 Å². The van der Waals surface area contributed by atoms with Crippen molar-refractivity contribution in [2.75, 3.05) is 44.5 Å². The van der Waals surface area contributed by atoms with E-state index in [1.165, 1.54) is 14.2 Å². The third kappa shape index (κ3) is 4.40. The zero-order valence-corrected chi connectivity index (χ0v) is 16.7. The lowest BCUT2D eigenvalue weighted by Crippen LogP contribution is -2.37. The van der Waals surface area contributed by atoms with Gasteiger partial charge in [-0.3, -0.25) is 4.79 Å². The minimum absolute atomic E-state index is 0.0150. The molecule has 2 aromatic rings. The Bertz CT molecular complexity index is 923. The predicted octanol–water partition coefficient (Wildman–Crippen LogP) is 3.13. The largest absolute Gasteiger partial charge is 0.494 e. The predicted molar refractivity (Wildman–Crippen MR) is 104 cm³/mol. The summed E-state index contributed by atoms with van der Waals surface area (Å²) in [5, 5.41) is 5.34. The molecule has 2 N–H and O–H groups in total. The first-order valence-electron chi connectivity index (χ1n) is 9.16. The normalized spacial score (nSPS) is 16.9. The van der Waals surface area contributed by atoms with Crippen LogP contribution in [0.5, 0.6) is 5.75 Å². The van der Waals surface area contributed by atoms with E-state index in [9.17, 15) is 18.0 Å². The van der Waals surface area contributed by atoms with E-state index in [4.69, 9.17) is 9.47 Å². The van der Waals surface area contributed by atoms with Crippen LogP contribution >= 0.6 is 0 Å². The van der Waals surface area contributed by atoms with Gasteiger partial charge in [-0.15, -0.1) is 0 Å². The maximum Gasteiger partial charge on any atom is 0.421 e. The number of alkyl halides is 3. The van der Waals surface area contributed by atoms with Gasteiger partial charge in [0.25, 0.3) is 0 Å². The smallest absolute Gasteiger partial charge is 0.421 e. The van der Waals surface area contributed by atoms with Gasteiger partial charge in [0.1, 0.15) is 23.2 Å². The highest BCUT2D eigenvalue weighted by atomic mass is 19.4. The molecular formula is C19H22F3N5O3. The Morgan fingerprint density at radius 1 is 1.37 bits per heavy atom. The Morgan fingerprint density at radius 3 is 2.77 bits per heavy atom. The van der Waals surface area contributed by atoms with Crippen LogP contribution in [-0.2, 0) is 15.7 Å². The molecule has 0 spiro atoms. The Balaban J connectivity index is 1.90. The van der Waals surface area contributed by atoms with E-state index < -0.39 is 11.7 Å². The number of rotatable bonds is 6. The summed E-state index contributed by atoms with van der Waals surface area (Å²) in [7, 11) is 2.84. The minimum Gasteiger partial charge on any atom is -0.494 e. The highest BCUT2D eigenvalue weighted by Gasteiger charge is 2.35. The van der Waals surface area contributed by atoms with Crippen molar-refractivity contribution in [1.82, 2.24) is 14.9 Å². The fraction of sp³-hybridized carbons (Fsp3) is 0.421. The maximum absolute atomic E-state index is 13.0. The molecule has 0 radical (unpaired) electrons. The number of benzene rings is 1. The number of anilines is 3. The second-order valence-corrected chi connectivity index (χ2v) is 6.65. The molecule has 0 saturated carbocycles. The topological polar surface area (TPSA) is 88.6 Å². The Labute approximate surface area is 171 Å². The molecule has 1 atom stereocenters. The summed E-state index contributed by atoms with van der Waals surface area (Å²) < 4.78 is 50.4. The van der Waals surface area contributed by atoms with Gasteiger partial charge in [0.2, 0.25) is 12.4 Å². The summed E-state index contributed by atoms with van der Waals surface area (Å²) in [5.74, 6) is 0.129. The minimum atomic E-state index is -4.57. The van der Waals surface area contributed by atoms with Gasteiger partial charge in [0.15, 0.2) is 0 Å². The molecule has 3 rings (SSSR count). The molecule has 0 aliphatic carbocycles. The van der Waals surface area contributed by atoms with Crippen molar-refractivity contribution in [3.05, 3.63) is 35.0 Å².